The van der Waals surface area contributed by atoms with Crippen molar-refractivity contribution in [2.75, 3.05) is 25.5 Å². The maximum atomic E-state index is 13.2. The number of aromatic nitrogens is 2. The van der Waals surface area contributed by atoms with Gasteiger partial charge >= 0.3 is 0 Å². The second-order valence-electron chi connectivity index (χ2n) is 7.18. The van der Waals surface area contributed by atoms with Crippen LogP contribution in [0.5, 0.6) is 0 Å². The van der Waals surface area contributed by atoms with E-state index in [-0.39, 0.29) is 12.0 Å². The van der Waals surface area contributed by atoms with Gasteiger partial charge in [-0.05, 0) is 45.6 Å². The summed E-state index contributed by atoms with van der Waals surface area (Å²) in [4.78, 5) is 32.0. The SMILES string of the molecule is C=C/C(=C\C=C/C)Cn1c(C)nc(N(C)C=O)c1C(=O)N(C)CCCCC(C)O. The number of aryl methyl sites for hydroxylation is 1. The molecule has 7 nitrogen and oxygen atoms in total. The molecule has 1 atom stereocenters. The first kappa shape index (κ1) is 24.4. The van der Waals surface area contributed by atoms with E-state index in [1.165, 1.54) is 4.90 Å². The van der Waals surface area contributed by atoms with Gasteiger partial charge in [0.1, 0.15) is 5.82 Å². The zero-order valence-corrected chi connectivity index (χ0v) is 18.3. The fourth-order valence-electron chi connectivity index (χ4n) is 2.91. The van der Waals surface area contributed by atoms with Crippen molar-refractivity contribution < 1.29 is 14.7 Å². The zero-order valence-electron chi connectivity index (χ0n) is 18.3. The molecule has 160 valence electrons. The average Bonchev–Trinajstić information content (AvgIpc) is 3.02. The molecule has 1 N–H and O–H groups in total. The number of rotatable bonds is 12. The summed E-state index contributed by atoms with van der Waals surface area (Å²) in [7, 11) is 3.33. The molecule has 0 aliphatic heterocycles. The number of allylic oxidation sites excluding steroid dienone is 5. The predicted octanol–water partition coefficient (Wildman–Crippen LogP) is 3.10. The smallest absolute Gasteiger partial charge is 0.274 e. The molecule has 2 amide bonds. The molecule has 0 spiro atoms. The third-order valence-electron chi connectivity index (χ3n) is 4.65. The first-order chi connectivity index (χ1) is 13.8. The lowest BCUT2D eigenvalue weighted by atomic mass is 10.1. The molecule has 0 aliphatic rings. The lowest BCUT2D eigenvalue weighted by Crippen LogP contribution is -2.32. The van der Waals surface area contributed by atoms with E-state index in [0.29, 0.717) is 43.3 Å². The third-order valence-corrected chi connectivity index (χ3v) is 4.65. The van der Waals surface area contributed by atoms with Gasteiger partial charge in [-0.2, -0.15) is 0 Å². The molecule has 1 aromatic rings. The summed E-state index contributed by atoms with van der Waals surface area (Å²) in [5.74, 6) is 0.793. The van der Waals surface area contributed by atoms with Gasteiger partial charge in [0.05, 0.1) is 6.10 Å². The second-order valence-corrected chi connectivity index (χ2v) is 7.18. The van der Waals surface area contributed by atoms with Crippen LogP contribution in [0.1, 0.15) is 49.4 Å². The first-order valence-electron chi connectivity index (χ1n) is 9.89. The van der Waals surface area contributed by atoms with Crippen LogP contribution in [-0.4, -0.2) is 58.6 Å². The fraction of sp³-hybridized carbons (Fsp3) is 0.500. The number of nitrogens with zero attached hydrogens (tertiary/aromatic N) is 4. The first-order valence-corrected chi connectivity index (χ1v) is 9.89. The number of aliphatic hydroxyl groups is 1. The van der Waals surface area contributed by atoms with Gasteiger partial charge in [0, 0.05) is 27.2 Å². The number of hydrogen-bond donors (Lipinski definition) is 1. The molecular weight excluding hydrogens is 368 g/mol. The van der Waals surface area contributed by atoms with Crippen molar-refractivity contribution in [3.8, 4) is 0 Å². The molecule has 1 heterocycles. The largest absolute Gasteiger partial charge is 0.393 e. The van der Waals surface area contributed by atoms with E-state index in [1.54, 1.807) is 32.0 Å². The Morgan fingerprint density at radius 3 is 2.59 bits per heavy atom. The maximum absolute atomic E-state index is 13.2. The number of imidazole rings is 1. The van der Waals surface area contributed by atoms with E-state index in [0.717, 1.165) is 18.4 Å². The quantitative estimate of drug-likeness (QED) is 0.331. The molecule has 1 unspecified atom stereocenters. The van der Waals surface area contributed by atoms with Crippen molar-refractivity contribution in [2.45, 2.75) is 52.7 Å². The van der Waals surface area contributed by atoms with Crippen molar-refractivity contribution in [1.29, 1.82) is 0 Å². The van der Waals surface area contributed by atoms with Gasteiger partial charge in [0.15, 0.2) is 11.5 Å². The van der Waals surface area contributed by atoms with Crippen molar-refractivity contribution in [3.63, 3.8) is 0 Å². The van der Waals surface area contributed by atoms with Crippen LogP contribution < -0.4 is 4.90 Å². The van der Waals surface area contributed by atoms with Crippen LogP contribution in [0.2, 0.25) is 0 Å². The number of anilines is 1. The minimum atomic E-state index is -0.339. The third kappa shape index (κ3) is 7.02. The molecule has 1 rings (SSSR count). The molecule has 0 aromatic carbocycles. The van der Waals surface area contributed by atoms with Crippen molar-refractivity contribution in [3.05, 3.63) is 48.0 Å². The highest BCUT2D eigenvalue weighted by atomic mass is 16.3. The molecule has 0 saturated carbocycles. The monoisotopic (exact) mass is 402 g/mol. The van der Waals surface area contributed by atoms with Crippen LogP contribution in [0, 0.1) is 6.92 Å². The number of aliphatic hydroxyl groups excluding tert-OH is 1. The summed E-state index contributed by atoms with van der Waals surface area (Å²) >= 11 is 0. The van der Waals surface area contributed by atoms with Crippen LogP contribution in [0.15, 0.2) is 36.5 Å². The van der Waals surface area contributed by atoms with Gasteiger partial charge in [-0.25, -0.2) is 4.98 Å². The molecule has 1 aromatic heterocycles. The molecule has 0 saturated heterocycles. The highest BCUT2D eigenvalue weighted by Crippen LogP contribution is 2.23. The van der Waals surface area contributed by atoms with E-state index >= 15 is 0 Å². The molecular formula is C22H34N4O3. The Hall–Kier alpha value is -2.67. The Morgan fingerprint density at radius 1 is 1.34 bits per heavy atom. The van der Waals surface area contributed by atoms with Crippen LogP contribution in [0.3, 0.4) is 0 Å². The van der Waals surface area contributed by atoms with Gasteiger partial charge in [-0.1, -0.05) is 30.9 Å². The number of carbonyl (C=O) groups excluding carboxylic acids is 2. The molecule has 0 aliphatic carbocycles. The highest BCUT2D eigenvalue weighted by Gasteiger charge is 2.26. The lowest BCUT2D eigenvalue weighted by Gasteiger charge is -2.21. The average molecular weight is 403 g/mol. The number of carbonyl (C=O) groups is 2. The van der Waals surface area contributed by atoms with E-state index in [4.69, 9.17) is 0 Å². The fourth-order valence-corrected chi connectivity index (χ4v) is 2.91. The number of unbranched alkanes of at least 4 members (excludes halogenated alkanes) is 1. The van der Waals surface area contributed by atoms with E-state index in [2.05, 4.69) is 11.6 Å². The summed E-state index contributed by atoms with van der Waals surface area (Å²) in [5.41, 5.74) is 1.31. The van der Waals surface area contributed by atoms with Crippen LogP contribution in [-0.2, 0) is 11.3 Å². The van der Waals surface area contributed by atoms with Gasteiger partial charge in [0.25, 0.3) is 5.91 Å². The second kappa shape index (κ2) is 12.0. The topological polar surface area (TPSA) is 78.7 Å². The number of amides is 2. The van der Waals surface area contributed by atoms with Gasteiger partial charge < -0.3 is 19.5 Å². The molecule has 0 radical (unpaired) electrons. The van der Waals surface area contributed by atoms with E-state index < -0.39 is 0 Å². The molecule has 0 bridgehead atoms. The Balaban J connectivity index is 3.21. The Kier molecular flexibility index (Phi) is 10.1. The van der Waals surface area contributed by atoms with Gasteiger partial charge in [0.2, 0.25) is 6.41 Å². The maximum Gasteiger partial charge on any atom is 0.274 e. The normalized spacial score (nSPS) is 12.8. The summed E-state index contributed by atoms with van der Waals surface area (Å²) in [6.45, 7) is 10.3. The van der Waals surface area contributed by atoms with E-state index in [1.807, 2.05) is 36.6 Å². The highest BCUT2D eigenvalue weighted by molar-refractivity contribution is 5.99. The Morgan fingerprint density at radius 2 is 2.03 bits per heavy atom. The summed E-state index contributed by atoms with van der Waals surface area (Å²) in [6, 6.07) is 0. The number of hydrogen-bond acceptors (Lipinski definition) is 4. The molecule has 0 fully saturated rings. The predicted molar refractivity (Wildman–Crippen MR) is 117 cm³/mol. The van der Waals surface area contributed by atoms with Crippen LogP contribution in [0.25, 0.3) is 0 Å². The Bertz CT molecular complexity index is 762. The van der Waals surface area contributed by atoms with Crippen LogP contribution in [0.4, 0.5) is 5.82 Å². The summed E-state index contributed by atoms with van der Waals surface area (Å²) < 4.78 is 1.82. The lowest BCUT2D eigenvalue weighted by molar-refractivity contribution is -0.107. The van der Waals surface area contributed by atoms with Crippen molar-refractivity contribution >= 4 is 18.1 Å². The van der Waals surface area contributed by atoms with E-state index in [9.17, 15) is 14.7 Å². The van der Waals surface area contributed by atoms with Gasteiger partial charge in [-0.15, -0.1) is 0 Å². The minimum absolute atomic E-state index is 0.194. The van der Waals surface area contributed by atoms with Crippen molar-refractivity contribution in [1.82, 2.24) is 14.5 Å². The summed E-state index contributed by atoms with van der Waals surface area (Å²) in [5, 5.41) is 9.39. The zero-order chi connectivity index (χ0) is 22.0. The molecule has 29 heavy (non-hydrogen) atoms. The van der Waals surface area contributed by atoms with Crippen LogP contribution >= 0.6 is 0 Å². The molecule has 7 heteroatoms. The van der Waals surface area contributed by atoms with Gasteiger partial charge in [-0.3, -0.25) is 9.59 Å². The van der Waals surface area contributed by atoms with Crippen molar-refractivity contribution in [2.24, 2.45) is 0 Å². The standard InChI is InChI=1S/C22H34N4O3/c1-7-9-13-19(8-2)15-26-18(4)23-21(25(6)16-27)20(26)22(29)24(5)14-11-10-12-17(3)28/h7-9,13,16-17,28H,2,10-12,14-15H2,1,3-6H3/b9-7-,19-13+. The minimum Gasteiger partial charge on any atom is -0.393 e. The summed E-state index contributed by atoms with van der Waals surface area (Å²) in [6.07, 6.45) is 10.2. The Labute approximate surface area is 174 Å².